The van der Waals surface area contributed by atoms with Crippen molar-refractivity contribution in [3.63, 3.8) is 0 Å². The van der Waals surface area contributed by atoms with E-state index in [1.165, 1.54) is 0 Å². The van der Waals surface area contributed by atoms with Crippen LogP contribution in [0.1, 0.15) is 12.5 Å². The molecule has 0 amide bonds. The average Bonchev–Trinajstić information content (AvgIpc) is 2.50. The SMILES string of the molecule is C[C@H](N)Cc1cc(O)c2c(c1)OCO2. The van der Waals surface area contributed by atoms with E-state index >= 15 is 0 Å². The molecular formula is C10H13NO3. The molecule has 0 unspecified atom stereocenters. The van der Waals surface area contributed by atoms with Gasteiger partial charge in [-0.05, 0) is 31.0 Å². The Labute approximate surface area is 82.2 Å². The third kappa shape index (κ3) is 1.61. The number of rotatable bonds is 2. The van der Waals surface area contributed by atoms with Crippen LogP contribution in [0.4, 0.5) is 0 Å². The van der Waals surface area contributed by atoms with Gasteiger partial charge < -0.3 is 20.3 Å². The van der Waals surface area contributed by atoms with E-state index < -0.39 is 0 Å². The molecule has 14 heavy (non-hydrogen) atoms. The molecule has 0 aromatic heterocycles. The molecule has 1 aliphatic heterocycles. The van der Waals surface area contributed by atoms with E-state index in [2.05, 4.69) is 0 Å². The van der Waals surface area contributed by atoms with Gasteiger partial charge >= 0.3 is 0 Å². The molecule has 0 radical (unpaired) electrons. The fraction of sp³-hybridized carbons (Fsp3) is 0.400. The Morgan fingerprint density at radius 2 is 2.29 bits per heavy atom. The quantitative estimate of drug-likeness (QED) is 0.739. The molecule has 0 aliphatic carbocycles. The molecule has 0 saturated carbocycles. The summed E-state index contributed by atoms with van der Waals surface area (Å²) in [6.45, 7) is 2.09. The fourth-order valence-electron chi connectivity index (χ4n) is 1.54. The monoisotopic (exact) mass is 195 g/mol. The van der Waals surface area contributed by atoms with Crippen LogP contribution in [0.2, 0.25) is 0 Å². The van der Waals surface area contributed by atoms with Crippen molar-refractivity contribution in [1.82, 2.24) is 0 Å². The molecule has 3 N–H and O–H groups in total. The summed E-state index contributed by atoms with van der Waals surface area (Å²) in [4.78, 5) is 0. The highest BCUT2D eigenvalue weighted by molar-refractivity contribution is 5.54. The van der Waals surface area contributed by atoms with E-state index in [4.69, 9.17) is 15.2 Å². The van der Waals surface area contributed by atoms with Gasteiger partial charge in [0.2, 0.25) is 12.5 Å². The average molecular weight is 195 g/mol. The predicted octanol–water partition coefficient (Wildman–Crippen LogP) is 1.01. The Morgan fingerprint density at radius 3 is 3.00 bits per heavy atom. The first-order chi connectivity index (χ1) is 6.66. The van der Waals surface area contributed by atoms with Crippen molar-refractivity contribution in [2.45, 2.75) is 19.4 Å². The number of phenolic OH excluding ortho intramolecular Hbond substituents is 1. The Bertz CT molecular complexity index is 349. The summed E-state index contributed by atoms with van der Waals surface area (Å²) >= 11 is 0. The van der Waals surface area contributed by atoms with Gasteiger partial charge in [0, 0.05) is 6.04 Å². The minimum absolute atomic E-state index is 0.0646. The lowest BCUT2D eigenvalue weighted by molar-refractivity contribution is 0.171. The van der Waals surface area contributed by atoms with Crippen molar-refractivity contribution < 1.29 is 14.6 Å². The summed E-state index contributed by atoms with van der Waals surface area (Å²) in [5.41, 5.74) is 6.63. The molecule has 0 fully saturated rings. The second-order valence-corrected chi connectivity index (χ2v) is 3.53. The van der Waals surface area contributed by atoms with Crippen LogP contribution in [0.3, 0.4) is 0 Å². The second-order valence-electron chi connectivity index (χ2n) is 3.53. The lowest BCUT2D eigenvalue weighted by atomic mass is 10.1. The summed E-state index contributed by atoms with van der Waals surface area (Å²) in [6, 6.07) is 3.58. The molecule has 2 rings (SSSR count). The van der Waals surface area contributed by atoms with Crippen LogP contribution in [0, 0.1) is 0 Å². The molecule has 4 heteroatoms. The molecule has 1 aromatic rings. The molecule has 76 valence electrons. The normalized spacial score (nSPS) is 15.6. The van der Waals surface area contributed by atoms with Gasteiger partial charge in [-0.2, -0.15) is 0 Å². The maximum atomic E-state index is 9.58. The maximum absolute atomic E-state index is 9.58. The van der Waals surface area contributed by atoms with Gasteiger partial charge in [0.25, 0.3) is 0 Å². The molecule has 0 saturated heterocycles. The van der Waals surface area contributed by atoms with E-state index in [9.17, 15) is 5.11 Å². The van der Waals surface area contributed by atoms with Gasteiger partial charge in [-0.25, -0.2) is 0 Å². The standard InChI is InChI=1S/C10H13NO3/c1-6(11)2-7-3-8(12)10-9(4-7)13-5-14-10/h3-4,6,12H,2,5,11H2,1H3/t6-/m0/s1. The van der Waals surface area contributed by atoms with E-state index in [-0.39, 0.29) is 18.6 Å². The van der Waals surface area contributed by atoms with E-state index in [0.29, 0.717) is 17.9 Å². The second kappa shape index (κ2) is 3.38. The number of hydrogen-bond donors (Lipinski definition) is 2. The first-order valence-corrected chi connectivity index (χ1v) is 4.54. The Balaban J connectivity index is 2.32. The third-order valence-electron chi connectivity index (χ3n) is 2.07. The van der Waals surface area contributed by atoms with E-state index in [1.807, 2.05) is 13.0 Å². The summed E-state index contributed by atoms with van der Waals surface area (Å²) in [5.74, 6) is 1.15. The molecule has 1 aliphatic rings. The molecule has 4 nitrogen and oxygen atoms in total. The zero-order valence-corrected chi connectivity index (χ0v) is 7.99. The predicted molar refractivity (Wildman–Crippen MR) is 51.6 cm³/mol. The van der Waals surface area contributed by atoms with Gasteiger partial charge in [-0.3, -0.25) is 0 Å². The molecular weight excluding hydrogens is 182 g/mol. The summed E-state index contributed by atoms with van der Waals surface area (Å²) in [5, 5.41) is 9.58. The summed E-state index contributed by atoms with van der Waals surface area (Å²) in [7, 11) is 0. The van der Waals surface area contributed by atoms with Crippen molar-refractivity contribution in [3.8, 4) is 17.2 Å². The zero-order valence-electron chi connectivity index (χ0n) is 7.99. The van der Waals surface area contributed by atoms with Crippen LogP contribution in [0.25, 0.3) is 0 Å². The highest BCUT2D eigenvalue weighted by Crippen LogP contribution is 2.41. The van der Waals surface area contributed by atoms with Gasteiger partial charge in [-0.15, -0.1) is 0 Å². The highest BCUT2D eigenvalue weighted by Gasteiger charge is 2.18. The lowest BCUT2D eigenvalue weighted by Crippen LogP contribution is -2.17. The molecule has 1 atom stereocenters. The molecule has 1 aromatic carbocycles. The van der Waals surface area contributed by atoms with Crippen LogP contribution < -0.4 is 15.2 Å². The number of phenols is 1. The van der Waals surface area contributed by atoms with Crippen molar-refractivity contribution >= 4 is 0 Å². The first kappa shape index (κ1) is 9.15. The third-order valence-corrected chi connectivity index (χ3v) is 2.07. The fourth-order valence-corrected chi connectivity index (χ4v) is 1.54. The van der Waals surface area contributed by atoms with Crippen LogP contribution in [-0.2, 0) is 6.42 Å². The zero-order chi connectivity index (χ0) is 10.1. The maximum Gasteiger partial charge on any atom is 0.231 e. The Morgan fingerprint density at radius 1 is 1.50 bits per heavy atom. The van der Waals surface area contributed by atoms with Gasteiger partial charge in [0.1, 0.15) is 0 Å². The topological polar surface area (TPSA) is 64.7 Å². The molecule has 0 spiro atoms. The molecule has 1 heterocycles. The minimum atomic E-state index is 0.0646. The summed E-state index contributed by atoms with van der Waals surface area (Å²) < 4.78 is 10.3. The first-order valence-electron chi connectivity index (χ1n) is 4.54. The Hall–Kier alpha value is -1.42. The van der Waals surface area contributed by atoms with Crippen molar-refractivity contribution in [2.24, 2.45) is 5.73 Å². The highest BCUT2D eigenvalue weighted by atomic mass is 16.7. The van der Waals surface area contributed by atoms with Gasteiger partial charge in [-0.1, -0.05) is 0 Å². The van der Waals surface area contributed by atoms with Crippen LogP contribution in [-0.4, -0.2) is 17.9 Å². The van der Waals surface area contributed by atoms with Crippen molar-refractivity contribution in [2.75, 3.05) is 6.79 Å². The number of fused-ring (bicyclic) bond motifs is 1. The van der Waals surface area contributed by atoms with Crippen LogP contribution in [0.5, 0.6) is 17.2 Å². The van der Waals surface area contributed by atoms with E-state index in [1.54, 1.807) is 6.07 Å². The molecule has 0 bridgehead atoms. The minimum Gasteiger partial charge on any atom is -0.504 e. The van der Waals surface area contributed by atoms with E-state index in [0.717, 1.165) is 5.56 Å². The number of benzene rings is 1. The number of nitrogens with two attached hydrogens (primary N) is 1. The van der Waals surface area contributed by atoms with Crippen molar-refractivity contribution in [1.29, 1.82) is 0 Å². The van der Waals surface area contributed by atoms with Crippen LogP contribution in [0.15, 0.2) is 12.1 Å². The number of hydrogen-bond acceptors (Lipinski definition) is 4. The lowest BCUT2D eigenvalue weighted by Gasteiger charge is -2.07. The smallest absolute Gasteiger partial charge is 0.231 e. The number of ether oxygens (including phenoxy) is 2. The Kier molecular flexibility index (Phi) is 2.21. The summed E-state index contributed by atoms with van der Waals surface area (Å²) in [6.07, 6.45) is 0.712. The van der Waals surface area contributed by atoms with Crippen molar-refractivity contribution in [3.05, 3.63) is 17.7 Å². The van der Waals surface area contributed by atoms with Gasteiger partial charge in [0.15, 0.2) is 11.5 Å². The van der Waals surface area contributed by atoms with Crippen LogP contribution >= 0.6 is 0 Å². The van der Waals surface area contributed by atoms with Gasteiger partial charge in [0.05, 0.1) is 0 Å². The largest absolute Gasteiger partial charge is 0.504 e. The number of aromatic hydroxyl groups is 1.